The predicted octanol–water partition coefficient (Wildman–Crippen LogP) is 4.60. The summed E-state index contributed by atoms with van der Waals surface area (Å²) < 4.78 is 81.6. The molecule has 2 aromatic heterocycles. The van der Waals surface area contributed by atoms with Crippen LogP contribution in [0.4, 0.5) is 37.8 Å². The van der Waals surface area contributed by atoms with E-state index in [4.69, 9.17) is 10.8 Å². The Morgan fingerprint density at radius 3 is 2.56 bits per heavy atom. The summed E-state index contributed by atoms with van der Waals surface area (Å²) in [6.45, 7) is -0.907. The number of pyridine rings is 1. The van der Waals surface area contributed by atoms with Crippen molar-refractivity contribution in [2.24, 2.45) is 5.41 Å². The predicted molar refractivity (Wildman–Crippen MR) is 112 cm³/mol. The maximum atomic E-state index is 14.0. The first-order valence-corrected chi connectivity index (χ1v) is 9.93. The second-order valence-corrected chi connectivity index (χ2v) is 7.65. The molecule has 12 heteroatoms. The fraction of sp³-hybridized carbons (Fsp3) is 0.273. The van der Waals surface area contributed by atoms with E-state index in [2.05, 4.69) is 21.8 Å². The molecule has 2 heterocycles. The standard InChI is InChI=1S/C22H16F6N6/c23-13-1-2-17-16(9-13)19(32-20(30)34(17)12-29)33(11-18(24)25)15-4-8-31-14(10-15)3-5-21(6-7-21)22(26,27)28/h1-2,4,8-10,12,18,29-30H,6-7,11H2. The van der Waals surface area contributed by atoms with Gasteiger partial charge in [0.1, 0.15) is 22.7 Å². The van der Waals surface area contributed by atoms with E-state index in [-0.39, 0.29) is 40.9 Å². The van der Waals surface area contributed by atoms with Gasteiger partial charge < -0.3 is 4.90 Å². The number of hydrogen-bond acceptors (Lipinski definition) is 5. The topological polar surface area (TPSA) is 81.7 Å². The summed E-state index contributed by atoms with van der Waals surface area (Å²) in [6.07, 6.45) is -5.61. The summed E-state index contributed by atoms with van der Waals surface area (Å²) in [4.78, 5) is 8.94. The van der Waals surface area contributed by atoms with Crippen LogP contribution in [0.25, 0.3) is 10.9 Å². The molecule has 2 N–H and O–H groups in total. The minimum atomic E-state index is -4.48. The zero-order valence-corrected chi connectivity index (χ0v) is 17.3. The molecule has 1 saturated carbocycles. The molecule has 1 aromatic carbocycles. The van der Waals surface area contributed by atoms with Crippen LogP contribution >= 0.6 is 0 Å². The van der Waals surface area contributed by atoms with Crippen molar-refractivity contribution in [2.45, 2.75) is 25.4 Å². The van der Waals surface area contributed by atoms with Crippen LogP contribution in [-0.2, 0) is 0 Å². The molecule has 1 aliphatic carbocycles. The van der Waals surface area contributed by atoms with E-state index in [1.807, 2.05) is 0 Å². The van der Waals surface area contributed by atoms with Gasteiger partial charge in [-0.2, -0.15) is 18.2 Å². The molecule has 0 atom stereocenters. The fourth-order valence-electron chi connectivity index (χ4n) is 3.46. The second kappa shape index (κ2) is 8.48. The van der Waals surface area contributed by atoms with E-state index in [0.717, 1.165) is 27.9 Å². The average molecular weight is 478 g/mol. The van der Waals surface area contributed by atoms with Gasteiger partial charge in [0, 0.05) is 17.3 Å². The van der Waals surface area contributed by atoms with Crippen molar-refractivity contribution >= 4 is 28.7 Å². The minimum absolute atomic E-state index is 0.0543. The van der Waals surface area contributed by atoms with Gasteiger partial charge in [-0.15, -0.1) is 0 Å². The molecule has 0 unspecified atom stereocenters. The van der Waals surface area contributed by atoms with E-state index in [1.54, 1.807) is 0 Å². The lowest BCUT2D eigenvalue weighted by molar-refractivity contribution is -0.168. The van der Waals surface area contributed by atoms with E-state index in [1.165, 1.54) is 24.4 Å². The van der Waals surface area contributed by atoms with Gasteiger partial charge in [0.25, 0.3) is 6.43 Å². The molecule has 176 valence electrons. The molecule has 4 rings (SSSR count). The van der Waals surface area contributed by atoms with Crippen molar-refractivity contribution < 1.29 is 26.3 Å². The van der Waals surface area contributed by atoms with E-state index in [0.29, 0.717) is 0 Å². The van der Waals surface area contributed by atoms with Crippen molar-refractivity contribution in [1.29, 1.82) is 10.8 Å². The Kier molecular flexibility index (Phi) is 5.80. The molecule has 0 spiro atoms. The molecule has 34 heavy (non-hydrogen) atoms. The summed E-state index contributed by atoms with van der Waals surface area (Å²) in [5, 5.41) is 15.6. The Hall–Kier alpha value is -3.88. The normalized spacial score (nSPS) is 14.6. The molecule has 1 fully saturated rings. The van der Waals surface area contributed by atoms with Crippen LogP contribution in [0.2, 0.25) is 0 Å². The molecule has 1 aliphatic rings. The van der Waals surface area contributed by atoms with Gasteiger partial charge in [0.05, 0.1) is 18.4 Å². The van der Waals surface area contributed by atoms with Gasteiger partial charge in [-0.3, -0.25) is 15.4 Å². The number of nitrogens with zero attached hydrogens (tertiary/aromatic N) is 4. The number of anilines is 2. The van der Waals surface area contributed by atoms with Crippen molar-refractivity contribution in [1.82, 2.24) is 14.5 Å². The largest absolute Gasteiger partial charge is 0.405 e. The van der Waals surface area contributed by atoms with Gasteiger partial charge in [-0.05, 0) is 49.1 Å². The van der Waals surface area contributed by atoms with Gasteiger partial charge in [0.15, 0.2) is 0 Å². The summed E-state index contributed by atoms with van der Waals surface area (Å²) in [5.74, 6) is 3.72. The Labute approximate surface area is 188 Å². The van der Waals surface area contributed by atoms with Gasteiger partial charge >= 0.3 is 6.18 Å². The number of fused-ring (bicyclic) bond motifs is 1. The molecular weight excluding hydrogens is 462 g/mol. The Bertz CT molecular complexity index is 1380. The molecule has 0 saturated heterocycles. The molecular formula is C22H16F6N6. The molecule has 3 aromatic rings. The van der Waals surface area contributed by atoms with Crippen molar-refractivity contribution in [3.05, 3.63) is 53.7 Å². The average Bonchev–Trinajstić information content (AvgIpc) is 3.57. The quantitative estimate of drug-likeness (QED) is 0.243. The van der Waals surface area contributed by atoms with Crippen LogP contribution in [0, 0.1) is 33.9 Å². The van der Waals surface area contributed by atoms with Crippen LogP contribution < -0.4 is 10.5 Å². The number of benzene rings is 1. The third kappa shape index (κ3) is 4.33. The first-order chi connectivity index (χ1) is 16.0. The van der Waals surface area contributed by atoms with Gasteiger partial charge in [0.2, 0.25) is 5.62 Å². The maximum Gasteiger partial charge on any atom is 0.405 e. The summed E-state index contributed by atoms with van der Waals surface area (Å²) in [5.41, 5.74) is -2.36. The molecule has 0 radical (unpaired) electrons. The summed E-state index contributed by atoms with van der Waals surface area (Å²) >= 11 is 0. The van der Waals surface area contributed by atoms with Crippen molar-refractivity contribution in [3.8, 4) is 11.8 Å². The molecule has 0 amide bonds. The highest BCUT2D eigenvalue weighted by Gasteiger charge is 2.62. The lowest BCUT2D eigenvalue weighted by atomic mass is 10.1. The second-order valence-electron chi connectivity index (χ2n) is 7.65. The van der Waals surface area contributed by atoms with Crippen LogP contribution in [0.3, 0.4) is 0 Å². The van der Waals surface area contributed by atoms with Crippen molar-refractivity contribution in [3.63, 3.8) is 0 Å². The number of nitrogens with one attached hydrogen (secondary N) is 2. The highest BCUT2D eigenvalue weighted by molar-refractivity contribution is 5.94. The molecule has 0 bridgehead atoms. The Balaban J connectivity index is 1.85. The third-order valence-electron chi connectivity index (χ3n) is 5.38. The fourth-order valence-corrected chi connectivity index (χ4v) is 3.46. The van der Waals surface area contributed by atoms with Crippen molar-refractivity contribution in [2.75, 3.05) is 11.4 Å². The smallest absolute Gasteiger partial charge is 0.320 e. The number of hydrogen-bond donors (Lipinski definition) is 2. The monoisotopic (exact) mass is 478 g/mol. The minimum Gasteiger partial charge on any atom is -0.320 e. The lowest BCUT2D eigenvalue weighted by Crippen LogP contribution is -2.30. The zero-order valence-electron chi connectivity index (χ0n) is 17.3. The van der Waals surface area contributed by atoms with Gasteiger partial charge in [-0.1, -0.05) is 5.92 Å². The van der Waals surface area contributed by atoms with E-state index < -0.39 is 36.0 Å². The number of rotatable bonds is 5. The maximum absolute atomic E-state index is 14.0. The SMILES string of the molecule is N=Cn1c(=N)nc(N(CC(F)F)c2ccnc(C#CC3(C(F)(F)F)CC3)c2)c2cc(F)ccc21. The highest BCUT2D eigenvalue weighted by Crippen LogP contribution is 2.57. The van der Waals surface area contributed by atoms with E-state index >= 15 is 0 Å². The van der Waals surface area contributed by atoms with Crippen LogP contribution in [-0.4, -0.2) is 40.0 Å². The summed E-state index contributed by atoms with van der Waals surface area (Å²) in [7, 11) is 0. The number of alkyl halides is 5. The van der Waals surface area contributed by atoms with Crippen LogP contribution in [0.5, 0.6) is 0 Å². The molecule has 6 nitrogen and oxygen atoms in total. The first kappa shape index (κ1) is 23.3. The van der Waals surface area contributed by atoms with E-state index in [9.17, 15) is 26.3 Å². The number of halogens is 6. The summed E-state index contributed by atoms with van der Waals surface area (Å²) in [6, 6.07) is 5.98. The Morgan fingerprint density at radius 2 is 1.94 bits per heavy atom. The number of aromatic nitrogens is 3. The Morgan fingerprint density at radius 1 is 1.21 bits per heavy atom. The molecule has 0 aliphatic heterocycles. The lowest BCUT2D eigenvalue weighted by Gasteiger charge is -2.25. The highest BCUT2D eigenvalue weighted by atomic mass is 19.4. The third-order valence-corrected chi connectivity index (χ3v) is 5.38. The zero-order chi connectivity index (χ0) is 24.7. The van der Waals surface area contributed by atoms with Crippen LogP contribution in [0.15, 0.2) is 36.5 Å². The van der Waals surface area contributed by atoms with Gasteiger partial charge in [-0.25, -0.2) is 18.2 Å². The van der Waals surface area contributed by atoms with Crippen LogP contribution in [0.1, 0.15) is 18.5 Å². The first-order valence-electron chi connectivity index (χ1n) is 9.93.